The topological polar surface area (TPSA) is 56.8 Å². The van der Waals surface area contributed by atoms with Gasteiger partial charge in [0.15, 0.2) is 0 Å². The van der Waals surface area contributed by atoms with Gasteiger partial charge in [-0.15, -0.1) is 11.6 Å². The van der Waals surface area contributed by atoms with Crippen molar-refractivity contribution < 1.29 is 4.74 Å². The number of allylic oxidation sites excluding steroid dienone is 1. The summed E-state index contributed by atoms with van der Waals surface area (Å²) in [5.41, 5.74) is 6.39. The molecule has 0 amide bonds. The molecule has 0 radical (unpaired) electrons. The van der Waals surface area contributed by atoms with Crippen molar-refractivity contribution in [3.05, 3.63) is 106 Å². The second-order valence-corrected chi connectivity index (χ2v) is 11.8. The molecule has 2 unspecified atom stereocenters. The highest BCUT2D eigenvalue weighted by Gasteiger charge is 2.24. The predicted molar refractivity (Wildman–Crippen MR) is 177 cm³/mol. The minimum absolute atomic E-state index is 0.273. The van der Waals surface area contributed by atoms with Crippen LogP contribution in [0.2, 0.25) is 0 Å². The molecule has 5 rings (SSSR count). The maximum absolute atomic E-state index is 6.47. The zero-order valence-corrected chi connectivity index (χ0v) is 25.8. The maximum atomic E-state index is 6.47. The van der Waals surface area contributed by atoms with E-state index in [9.17, 15) is 0 Å². The van der Waals surface area contributed by atoms with Gasteiger partial charge in [0.1, 0.15) is 11.9 Å². The first-order valence-electron chi connectivity index (χ1n) is 14.2. The van der Waals surface area contributed by atoms with E-state index in [-0.39, 0.29) is 11.5 Å². The third kappa shape index (κ3) is 7.90. The van der Waals surface area contributed by atoms with Crippen LogP contribution in [-0.4, -0.2) is 71.4 Å². The van der Waals surface area contributed by atoms with Crippen molar-refractivity contribution in [2.24, 2.45) is 4.99 Å². The molecule has 4 aromatic rings. The van der Waals surface area contributed by atoms with Gasteiger partial charge in [-0.3, -0.25) is 15.0 Å². The highest BCUT2D eigenvalue weighted by atomic mass is 35.5. The second-order valence-electron chi connectivity index (χ2n) is 10.9. The highest BCUT2D eigenvalue weighted by Crippen LogP contribution is 2.29. The van der Waals surface area contributed by atoms with Crippen molar-refractivity contribution in [3.63, 3.8) is 0 Å². The van der Waals surface area contributed by atoms with Gasteiger partial charge in [0.05, 0.1) is 28.2 Å². The fourth-order valence-corrected chi connectivity index (χ4v) is 5.83. The molecule has 0 aliphatic carbocycles. The number of hydrogen-bond acceptors (Lipinski definition) is 5. The van der Waals surface area contributed by atoms with Crippen LogP contribution in [0.4, 0.5) is 0 Å². The van der Waals surface area contributed by atoms with E-state index in [4.69, 9.17) is 27.9 Å². The molecule has 0 bridgehead atoms. The van der Waals surface area contributed by atoms with Crippen LogP contribution in [0.25, 0.3) is 23.1 Å². The number of likely N-dealkylation sites (N-methyl/N-ethyl adjacent to an activating group) is 1. The highest BCUT2D eigenvalue weighted by molar-refractivity contribution is 6.41. The van der Waals surface area contributed by atoms with E-state index >= 15 is 0 Å². The Morgan fingerprint density at radius 1 is 0.976 bits per heavy atom. The number of alkyl halides is 1. The third-order valence-corrected chi connectivity index (χ3v) is 8.02. The minimum atomic E-state index is -0.278. The van der Waals surface area contributed by atoms with Crippen molar-refractivity contribution in [2.75, 3.05) is 33.7 Å². The second kappa shape index (κ2) is 14.2. The lowest BCUT2D eigenvalue weighted by molar-refractivity contribution is 0.226. The molecule has 1 aliphatic heterocycles. The summed E-state index contributed by atoms with van der Waals surface area (Å²) in [6, 6.07) is 25.3. The van der Waals surface area contributed by atoms with Gasteiger partial charge in [-0.2, -0.15) is 5.10 Å². The van der Waals surface area contributed by atoms with Crippen molar-refractivity contribution >= 4 is 52.5 Å². The van der Waals surface area contributed by atoms with Gasteiger partial charge in [-0.05, 0) is 62.0 Å². The van der Waals surface area contributed by atoms with E-state index in [2.05, 4.69) is 99.8 Å². The minimum Gasteiger partial charge on any atom is -0.486 e. The normalized spacial score (nSPS) is 16.3. The van der Waals surface area contributed by atoms with Crippen LogP contribution >= 0.6 is 23.2 Å². The Labute approximate surface area is 258 Å². The number of rotatable bonds is 12. The summed E-state index contributed by atoms with van der Waals surface area (Å²) in [5, 5.41) is 8.90. The molecule has 2 atom stereocenters. The monoisotopic (exact) mass is 601 g/mol. The van der Waals surface area contributed by atoms with Gasteiger partial charge >= 0.3 is 0 Å². The van der Waals surface area contributed by atoms with Crippen LogP contribution in [0, 0.1) is 0 Å². The number of halogens is 2. The number of nitrogens with one attached hydrogen (secondary N) is 1. The number of aromatic amines is 1. The SMILES string of the molecule is CC(Oc1ccc2[nH]nc(/C=C/c3ccc(CN(CCN(C)C)Cc4ccccc4)cc3)c2c1)C1=C(Cl)C=NCC1Cl. The number of ether oxygens (including phenoxy) is 1. The molecule has 1 aromatic heterocycles. The van der Waals surface area contributed by atoms with E-state index < -0.39 is 0 Å². The number of benzene rings is 3. The number of fused-ring (bicyclic) bond motifs is 1. The number of nitrogens with zero attached hydrogens (tertiary/aromatic N) is 4. The van der Waals surface area contributed by atoms with Crippen LogP contribution < -0.4 is 4.74 Å². The van der Waals surface area contributed by atoms with Crippen LogP contribution in [0.1, 0.15) is 29.3 Å². The summed E-state index contributed by atoms with van der Waals surface area (Å²) in [5.74, 6) is 0.730. The largest absolute Gasteiger partial charge is 0.486 e. The van der Waals surface area contributed by atoms with Crippen molar-refractivity contribution in [3.8, 4) is 5.75 Å². The average molecular weight is 603 g/mol. The Kier molecular flexibility index (Phi) is 10.1. The molecule has 42 heavy (non-hydrogen) atoms. The van der Waals surface area contributed by atoms with E-state index in [1.165, 1.54) is 11.1 Å². The summed E-state index contributed by atoms with van der Waals surface area (Å²) in [7, 11) is 4.24. The Morgan fingerprint density at radius 3 is 2.43 bits per heavy atom. The molecule has 218 valence electrons. The smallest absolute Gasteiger partial charge is 0.121 e. The molecule has 0 fully saturated rings. The Bertz CT molecular complexity index is 1560. The van der Waals surface area contributed by atoms with Gasteiger partial charge in [0.2, 0.25) is 0 Å². The van der Waals surface area contributed by atoms with E-state index in [1.807, 2.05) is 31.2 Å². The van der Waals surface area contributed by atoms with Crippen LogP contribution in [0.3, 0.4) is 0 Å². The van der Waals surface area contributed by atoms with Crippen molar-refractivity contribution in [1.29, 1.82) is 0 Å². The predicted octanol–water partition coefficient (Wildman–Crippen LogP) is 7.25. The van der Waals surface area contributed by atoms with Gasteiger partial charge in [-0.25, -0.2) is 0 Å². The summed E-state index contributed by atoms with van der Waals surface area (Å²) >= 11 is 12.8. The molecule has 8 heteroatoms. The van der Waals surface area contributed by atoms with Gasteiger partial charge in [-0.1, -0.05) is 72.3 Å². The summed E-state index contributed by atoms with van der Waals surface area (Å²) in [6.07, 6.45) is 5.50. The molecule has 1 N–H and O–H groups in total. The summed E-state index contributed by atoms with van der Waals surface area (Å²) in [6.45, 7) is 6.31. The molecule has 0 saturated carbocycles. The number of aliphatic imine (C=N–C) groups is 1. The average Bonchev–Trinajstić information content (AvgIpc) is 3.38. The zero-order chi connectivity index (χ0) is 29.5. The Hall–Kier alpha value is -3.42. The molecule has 0 saturated heterocycles. The van der Waals surface area contributed by atoms with Crippen LogP contribution in [0.5, 0.6) is 5.75 Å². The number of dihydropyridines is 1. The molecule has 3 aromatic carbocycles. The lowest BCUT2D eigenvalue weighted by atomic mass is 10.0. The molecular weight excluding hydrogens is 565 g/mol. The zero-order valence-electron chi connectivity index (χ0n) is 24.3. The molecular formula is C34H37Cl2N5O. The van der Waals surface area contributed by atoms with Crippen molar-refractivity contribution in [2.45, 2.75) is 31.5 Å². The van der Waals surface area contributed by atoms with Crippen LogP contribution in [-0.2, 0) is 13.1 Å². The lowest BCUT2D eigenvalue weighted by Crippen LogP contribution is -2.31. The quantitative estimate of drug-likeness (QED) is 0.174. The number of H-pyrrole nitrogens is 1. The summed E-state index contributed by atoms with van der Waals surface area (Å²) < 4.78 is 6.24. The van der Waals surface area contributed by atoms with Gasteiger partial charge in [0, 0.05) is 43.4 Å². The standard InChI is InChI=1S/C34H37Cl2N5O/c1-24(34-30(35)20-37-21-31(34)36)42-28-14-16-33-29(19-28)32(38-39-33)15-13-25-9-11-27(12-10-25)23-41(18-17-40(2)3)22-26-7-5-4-6-8-26/h4-16,19-20,24,31H,17-18,21-23H2,1-3H3,(H,38,39)/b15-13+. The first-order chi connectivity index (χ1) is 20.4. The molecule has 6 nitrogen and oxygen atoms in total. The Morgan fingerprint density at radius 2 is 1.71 bits per heavy atom. The van der Waals surface area contributed by atoms with E-state index in [1.54, 1.807) is 6.21 Å². The van der Waals surface area contributed by atoms with Crippen LogP contribution in [0.15, 0.2) is 88.4 Å². The van der Waals surface area contributed by atoms with E-state index in [0.717, 1.165) is 59.7 Å². The fourth-order valence-electron chi connectivity index (χ4n) is 5.04. The maximum Gasteiger partial charge on any atom is 0.121 e. The molecule has 2 heterocycles. The number of aromatic nitrogens is 2. The fraction of sp³-hybridized carbons (Fsp3) is 0.294. The lowest BCUT2D eigenvalue weighted by Gasteiger charge is -2.24. The first-order valence-corrected chi connectivity index (χ1v) is 15.0. The molecule has 0 spiro atoms. The molecule has 1 aliphatic rings. The van der Waals surface area contributed by atoms with Gasteiger partial charge < -0.3 is 9.64 Å². The third-order valence-electron chi connectivity index (χ3n) is 7.33. The Balaban J connectivity index is 1.26. The first kappa shape index (κ1) is 30.1. The van der Waals surface area contributed by atoms with Crippen molar-refractivity contribution in [1.82, 2.24) is 20.0 Å². The van der Waals surface area contributed by atoms with E-state index in [0.29, 0.717) is 11.6 Å². The van der Waals surface area contributed by atoms with Gasteiger partial charge in [0.25, 0.3) is 0 Å². The summed E-state index contributed by atoms with van der Waals surface area (Å²) in [4.78, 5) is 8.92. The number of hydrogen-bond donors (Lipinski definition) is 1.